The number of ether oxygens (including phenoxy) is 2. The number of halogens is 1. The number of nitrogens with one attached hydrogen (secondary N) is 1. The van der Waals surface area contributed by atoms with E-state index in [1.165, 1.54) is 25.5 Å². The van der Waals surface area contributed by atoms with Crippen LogP contribution in [-0.4, -0.2) is 41.1 Å². The quantitative estimate of drug-likeness (QED) is 0.786. The lowest BCUT2D eigenvalue weighted by Gasteiger charge is -2.25. The molecule has 1 aliphatic carbocycles. The smallest absolute Gasteiger partial charge is 0.330 e. The Bertz CT molecular complexity index is 713. The molecule has 0 aromatic carbocycles. The summed E-state index contributed by atoms with van der Waals surface area (Å²) in [4.78, 5) is 26.1. The molecule has 1 saturated heterocycles. The lowest BCUT2D eigenvalue weighted by atomic mass is 9.90. The van der Waals surface area contributed by atoms with E-state index >= 15 is 4.39 Å². The zero-order chi connectivity index (χ0) is 18.7. The van der Waals surface area contributed by atoms with Gasteiger partial charge in [-0.2, -0.15) is 0 Å². The monoisotopic (exact) mass is 369 g/mol. The van der Waals surface area contributed by atoms with Crippen molar-refractivity contribution in [2.75, 3.05) is 13.2 Å². The average Bonchev–Trinajstić information content (AvgIpc) is 2.96. The lowest BCUT2D eigenvalue weighted by molar-refractivity contribution is -0.0441. The first-order valence-electron chi connectivity index (χ1n) is 9.50. The molecule has 1 aromatic heterocycles. The van der Waals surface area contributed by atoms with E-state index in [4.69, 9.17) is 15.2 Å². The van der Waals surface area contributed by atoms with Crippen LogP contribution in [0.2, 0.25) is 0 Å². The Labute approximate surface area is 151 Å². The zero-order valence-corrected chi connectivity index (χ0v) is 15.2. The molecule has 3 N–H and O–H groups in total. The number of alkyl halides is 1. The summed E-state index contributed by atoms with van der Waals surface area (Å²) in [6, 6.07) is 0. The number of nitrogens with zero attached hydrogens (tertiary/aromatic N) is 1. The van der Waals surface area contributed by atoms with Crippen LogP contribution in [0, 0.1) is 5.92 Å². The van der Waals surface area contributed by atoms with E-state index in [1.54, 1.807) is 6.92 Å². The fraction of sp³-hybridized carbons (Fsp3) is 0.778. The van der Waals surface area contributed by atoms with E-state index in [1.807, 2.05) is 0 Å². The molecule has 26 heavy (non-hydrogen) atoms. The molecule has 8 heteroatoms. The zero-order valence-electron chi connectivity index (χ0n) is 15.2. The van der Waals surface area contributed by atoms with Crippen LogP contribution < -0.4 is 17.0 Å². The van der Waals surface area contributed by atoms with Gasteiger partial charge in [-0.3, -0.25) is 14.3 Å². The molecule has 0 bridgehead atoms. The maximum atomic E-state index is 15.1. The Balaban J connectivity index is 1.76. The minimum absolute atomic E-state index is 0.102. The van der Waals surface area contributed by atoms with Crippen LogP contribution in [0.5, 0.6) is 0 Å². The number of hydrogen-bond acceptors (Lipinski definition) is 5. The van der Waals surface area contributed by atoms with Crippen LogP contribution in [0.1, 0.15) is 50.8 Å². The van der Waals surface area contributed by atoms with Gasteiger partial charge < -0.3 is 15.2 Å². The number of nitrogens with two attached hydrogens (primary N) is 1. The molecule has 0 radical (unpaired) electrons. The van der Waals surface area contributed by atoms with Gasteiger partial charge in [0.25, 0.3) is 5.56 Å². The van der Waals surface area contributed by atoms with Crippen LogP contribution >= 0.6 is 0 Å². The predicted octanol–water partition coefficient (Wildman–Crippen LogP) is 1.26. The third-order valence-corrected chi connectivity index (χ3v) is 5.44. The second-order valence-electron chi connectivity index (χ2n) is 7.22. The number of aromatic amines is 1. The fourth-order valence-electron chi connectivity index (χ4n) is 3.88. The highest BCUT2D eigenvalue weighted by molar-refractivity contribution is 5.06. The van der Waals surface area contributed by atoms with Gasteiger partial charge in [-0.25, -0.2) is 9.18 Å². The second kappa shape index (κ2) is 8.45. The van der Waals surface area contributed by atoms with Gasteiger partial charge >= 0.3 is 5.69 Å². The highest BCUT2D eigenvalue weighted by Gasteiger charge is 2.47. The fourth-order valence-corrected chi connectivity index (χ4v) is 3.88. The molecule has 1 aromatic rings. The first-order chi connectivity index (χ1) is 12.5. The SMILES string of the molecule is CCc1cn(C2O[C@H](CN)[C@@H](OCC3CCCCC3)[C@@H]2F)c(=O)[nH]c1=O. The summed E-state index contributed by atoms with van der Waals surface area (Å²) < 4.78 is 27.8. The normalized spacial score (nSPS) is 30.0. The molecule has 2 heterocycles. The van der Waals surface area contributed by atoms with E-state index in [-0.39, 0.29) is 6.54 Å². The van der Waals surface area contributed by atoms with Crippen molar-refractivity contribution in [2.45, 2.75) is 70.1 Å². The molecule has 3 rings (SSSR count). The predicted molar refractivity (Wildman–Crippen MR) is 94.9 cm³/mol. The van der Waals surface area contributed by atoms with Gasteiger partial charge in [0.1, 0.15) is 12.2 Å². The standard InChI is InChI=1S/C18H28FN3O4/c1-2-12-9-22(18(24)21-16(12)23)17-14(19)15(13(8-20)26-17)25-10-11-6-4-3-5-7-11/h9,11,13-15,17H,2-8,10,20H2,1H3,(H,21,23,24)/t13-,14+,15-,17?/m1/s1. The van der Waals surface area contributed by atoms with E-state index in [0.29, 0.717) is 24.5 Å². The molecule has 1 unspecified atom stereocenters. The van der Waals surface area contributed by atoms with Crippen LogP contribution in [0.25, 0.3) is 0 Å². The van der Waals surface area contributed by atoms with E-state index in [2.05, 4.69) is 4.98 Å². The summed E-state index contributed by atoms with van der Waals surface area (Å²) in [5.41, 5.74) is 4.99. The van der Waals surface area contributed by atoms with Gasteiger partial charge in [0.2, 0.25) is 0 Å². The first kappa shape index (κ1) is 19.3. The van der Waals surface area contributed by atoms with Crippen molar-refractivity contribution in [3.8, 4) is 0 Å². The molecule has 0 spiro atoms. The molecule has 1 aliphatic heterocycles. The summed E-state index contributed by atoms with van der Waals surface area (Å²) in [5.74, 6) is 0.441. The van der Waals surface area contributed by atoms with Gasteiger partial charge in [-0.1, -0.05) is 26.2 Å². The summed E-state index contributed by atoms with van der Waals surface area (Å²) >= 11 is 0. The number of hydrogen-bond donors (Lipinski definition) is 2. The summed E-state index contributed by atoms with van der Waals surface area (Å²) in [6.07, 6.45) is 3.51. The van der Waals surface area contributed by atoms with Gasteiger partial charge in [0.05, 0.1) is 6.61 Å². The van der Waals surface area contributed by atoms with E-state index in [0.717, 1.165) is 17.4 Å². The molecule has 2 aliphatic rings. The number of rotatable bonds is 6. The minimum Gasteiger partial charge on any atom is -0.372 e. The van der Waals surface area contributed by atoms with E-state index < -0.39 is 35.9 Å². The topological polar surface area (TPSA) is 99.3 Å². The molecule has 1 saturated carbocycles. The molecule has 2 fully saturated rings. The number of aryl methyl sites for hydroxylation is 1. The summed E-state index contributed by atoms with van der Waals surface area (Å²) in [6.45, 7) is 2.38. The molecular weight excluding hydrogens is 341 g/mol. The van der Waals surface area contributed by atoms with Gasteiger partial charge in [0.15, 0.2) is 12.4 Å². The summed E-state index contributed by atoms with van der Waals surface area (Å²) in [7, 11) is 0. The Kier molecular flexibility index (Phi) is 6.26. The average molecular weight is 369 g/mol. The second-order valence-corrected chi connectivity index (χ2v) is 7.22. The van der Waals surface area contributed by atoms with Gasteiger partial charge in [-0.05, 0) is 25.2 Å². The Morgan fingerprint density at radius 2 is 2.08 bits per heavy atom. The van der Waals surface area contributed by atoms with Crippen molar-refractivity contribution in [3.63, 3.8) is 0 Å². The van der Waals surface area contributed by atoms with Crippen LogP contribution in [0.4, 0.5) is 4.39 Å². The van der Waals surface area contributed by atoms with Gasteiger partial charge in [-0.15, -0.1) is 0 Å². The van der Waals surface area contributed by atoms with Crippen molar-refractivity contribution in [3.05, 3.63) is 32.6 Å². The first-order valence-corrected chi connectivity index (χ1v) is 9.50. The van der Waals surface area contributed by atoms with Crippen molar-refractivity contribution in [2.24, 2.45) is 11.7 Å². The van der Waals surface area contributed by atoms with Gasteiger partial charge in [0, 0.05) is 18.3 Å². The van der Waals surface area contributed by atoms with Crippen molar-refractivity contribution in [1.29, 1.82) is 0 Å². The molecule has 146 valence electrons. The minimum atomic E-state index is -1.53. The summed E-state index contributed by atoms with van der Waals surface area (Å²) in [5, 5.41) is 0. The van der Waals surface area contributed by atoms with Crippen molar-refractivity contribution >= 4 is 0 Å². The molecule has 4 atom stereocenters. The molecular formula is C18H28FN3O4. The highest BCUT2D eigenvalue weighted by Crippen LogP contribution is 2.34. The van der Waals surface area contributed by atoms with E-state index in [9.17, 15) is 9.59 Å². The third kappa shape index (κ3) is 3.92. The number of H-pyrrole nitrogens is 1. The largest absolute Gasteiger partial charge is 0.372 e. The van der Waals surface area contributed by atoms with Crippen LogP contribution in [0.3, 0.4) is 0 Å². The van der Waals surface area contributed by atoms with Crippen LogP contribution in [0.15, 0.2) is 15.8 Å². The number of aromatic nitrogens is 2. The lowest BCUT2D eigenvalue weighted by Crippen LogP contribution is -2.39. The molecule has 7 nitrogen and oxygen atoms in total. The Hall–Kier alpha value is -1.51. The highest BCUT2D eigenvalue weighted by atomic mass is 19.1. The third-order valence-electron chi connectivity index (χ3n) is 5.44. The van der Waals surface area contributed by atoms with Crippen molar-refractivity contribution in [1.82, 2.24) is 9.55 Å². The van der Waals surface area contributed by atoms with Crippen LogP contribution in [-0.2, 0) is 15.9 Å². The molecule has 0 amide bonds. The van der Waals surface area contributed by atoms with Crippen molar-refractivity contribution < 1.29 is 13.9 Å². The Morgan fingerprint density at radius 1 is 1.35 bits per heavy atom. The Morgan fingerprint density at radius 3 is 2.73 bits per heavy atom. The maximum absolute atomic E-state index is 15.1. The maximum Gasteiger partial charge on any atom is 0.330 e.